The molecular formula is C20H31N3O7S. The number of carbonyl (C=O) groups is 3. The number of nitrogens with zero attached hydrogens (tertiary/aromatic N) is 1. The van der Waals surface area contributed by atoms with E-state index in [1.807, 2.05) is 13.8 Å². The quantitative estimate of drug-likeness (QED) is 0.505. The minimum Gasteiger partial charge on any atom is -0.460 e. The molecule has 1 unspecified atom stereocenters. The second-order valence-corrected chi connectivity index (χ2v) is 9.30. The van der Waals surface area contributed by atoms with Crippen LogP contribution in [0.1, 0.15) is 57.0 Å². The van der Waals surface area contributed by atoms with E-state index in [0.717, 1.165) is 6.42 Å². The van der Waals surface area contributed by atoms with Gasteiger partial charge in [0.05, 0.1) is 6.61 Å². The van der Waals surface area contributed by atoms with Crippen LogP contribution in [0.3, 0.4) is 0 Å². The smallest absolute Gasteiger partial charge is 0.374 e. The number of rotatable bonds is 10. The molecule has 1 aliphatic rings. The monoisotopic (exact) mass is 457 g/mol. The number of hydrogen-bond acceptors (Lipinski definition) is 7. The average molecular weight is 458 g/mol. The Kier molecular flexibility index (Phi) is 9.05. The molecule has 0 spiro atoms. The zero-order valence-electron chi connectivity index (χ0n) is 18.2. The van der Waals surface area contributed by atoms with Crippen molar-refractivity contribution in [2.45, 2.75) is 57.6 Å². The van der Waals surface area contributed by atoms with Crippen LogP contribution < -0.4 is 10.6 Å². The van der Waals surface area contributed by atoms with E-state index >= 15 is 0 Å². The fourth-order valence-corrected chi connectivity index (χ4v) is 4.53. The maximum atomic E-state index is 12.8. The Labute approximate surface area is 182 Å². The largest absolute Gasteiger partial charge is 0.460 e. The van der Waals surface area contributed by atoms with Crippen molar-refractivity contribution in [3.8, 4) is 0 Å². The molecule has 2 amide bonds. The summed E-state index contributed by atoms with van der Waals surface area (Å²) in [5.74, 6) is -1.52. The van der Waals surface area contributed by atoms with Gasteiger partial charge in [0, 0.05) is 38.0 Å². The zero-order chi connectivity index (χ0) is 23.0. The van der Waals surface area contributed by atoms with Crippen molar-refractivity contribution in [3.05, 3.63) is 17.9 Å². The minimum absolute atomic E-state index is 0.0945. The first-order valence-corrected chi connectivity index (χ1v) is 12.0. The SMILES string of the molecule is CCOC(=O)c1ccc(S(=O)(=O)N2CCC(C(=O)NCCC(=O)NC(C)CC)CC2)o1. The van der Waals surface area contributed by atoms with Crippen molar-refractivity contribution in [1.29, 1.82) is 0 Å². The number of carbonyl (C=O) groups excluding carboxylic acids is 3. The normalized spacial score (nSPS) is 16.5. The molecule has 174 valence electrons. The molecule has 10 nitrogen and oxygen atoms in total. The Morgan fingerprint density at radius 1 is 1.23 bits per heavy atom. The summed E-state index contributed by atoms with van der Waals surface area (Å²) in [5.41, 5.74) is 0. The fraction of sp³-hybridized carbons (Fsp3) is 0.650. The molecular weight excluding hydrogens is 426 g/mol. The summed E-state index contributed by atoms with van der Waals surface area (Å²) in [4.78, 5) is 35.8. The van der Waals surface area contributed by atoms with E-state index in [2.05, 4.69) is 10.6 Å². The summed E-state index contributed by atoms with van der Waals surface area (Å²) in [6.45, 7) is 6.24. The van der Waals surface area contributed by atoms with E-state index in [1.54, 1.807) is 6.92 Å². The lowest BCUT2D eigenvalue weighted by Crippen LogP contribution is -2.43. The third kappa shape index (κ3) is 6.79. The van der Waals surface area contributed by atoms with Crippen molar-refractivity contribution in [3.63, 3.8) is 0 Å². The van der Waals surface area contributed by atoms with Crippen LogP contribution in [0, 0.1) is 5.92 Å². The van der Waals surface area contributed by atoms with Crippen LogP contribution in [-0.4, -0.2) is 62.8 Å². The minimum atomic E-state index is -3.91. The number of nitrogens with one attached hydrogen (secondary N) is 2. The third-order valence-corrected chi connectivity index (χ3v) is 6.92. The Hall–Kier alpha value is -2.40. The summed E-state index contributed by atoms with van der Waals surface area (Å²) in [6, 6.07) is 2.59. The van der Waals surface area contributed by atoms with Crippen LogP contribution in [0.25, 0.3) is 0 Å². The molecule has 0 radical (unpaired) electrons. The topological polar surface area (TPSA) is 135 Å². The van der Waals surface area contributed by atoms with Gasteiger partial charge < -0.3 is 19.8 Å². The first-order valence-electron chi connectivity index (χ1n) is 10.5. The molecule has 1 saturated heterocycles. The van der Waals surface area contributed by atoms with Gasteiger partial charge in [-0.15, -0.1) is 0 Å². The Morgan fingerprint density at radius 3 is 2.52 bits per heavy atom. The second-order valence-electron chi connectivity index (χ2n) is 7.44. The number of hydrogen-bond donors (Lipinski definition) is 2. The molecule has 2 heterocycles. The van der Waals surface area contributed by atoms with Gasteiger partial charge in [0.1, 0.15) is 0 Å². The molecule has 0 saturated carbocycles. The van der Waals surface area contributed by atoms with Crippen LogP contribution >= 0.6 is 0 Å². The molecule has 1 atom stereocenters. The molecule has 1 fully saturated rings. The van der Waals surface area contributed by atoms with E-state index in [-0.39, 0.29) is 67.3 Å². The lowest BCUT2D eigenvalue weighted by molar-refractivity contribution is -0.126. The Bertz CT molecular complexity index is 873. The number of esters is 1. The van der Waals surface area contributed by atoms with Gasteiger partial charge in [0.2, 0.25) is 22.7 Å². The van der Waals surface area contributed by atoms with Crippen molar-refractivity contribution >= 4 is 27.8 Å². The van der Waals surface area contributed by atoms with Gasteiger partial charge in [-0.25, -0.2) is 13.2 Å². The highest BCUT2D eigenvalue weighted by Gasteiger charge is 2.34. The number of furan rings is 1. The van der Waals surface area contributed by atoms with Crippen molar-refractivity contribution in [2.24, 2.45) is 5.92 Å². The van der Waals surface area contributed by atoms with Crippen molar-refractivity contribution in [1.82, 2.24) is 14.9 Å². The van der Waals surface area contributed by atoms with Gasteiger partial charge in [0.25, 0.3) is 10.0 Å². The maximum absolute atomic E-state index is 12.8. The molecule has 1 aromatic rings. The van der Waals surface area contributed by atoms with Gasteiger partial charge in [-0.2, -0.15) is 4.31 Å². The van der Waals surface area contributed by atoms with Crippen LogP contribution in [0.15, 0.2) is 21.6 Å². The lowest BCUT2D eigenvalue weighted by Gasteiger charge is -2.29. The van der Waals surface area contributed by atoms with Crippen LogP contribution in [0.4, 0.5) is 0 Å². The zero-order valence-corrected chi connectivity index (χ0v) is 19.0. The highest BCUT2D eigenvalue weighted by atomic mass is 32.2. The molecule has 0 aliphatic carbocycles. The number of sulfonamides is 1. The van der Waals surface area contributed by atoms with Gasteiger partial charge in [0.15, 0.2) is 0 Å². The Balaban J connectivity index is 1.82. The van der Waals surface area contributed by atoms with Crippen LogP contribution in [0.2, 0.25) is 0 Å². The van der Waals surface area contributed by atoms with E-state index in [0.29, 0.717) is 12.8 Å². The number of amides is 2. The fourth-order valence-electron chi connectivity index (χ4n) is 3.15. The summed E-state index contributed by atoms with van der Waals surface area (Å²) in [6.07, 6.45) is 1.75. The lowest BCUT2D eigenvalue weighted by atomic mass is 9.97. The maximum Gasteiger partial charge on any atom is 0.374 e. The van der Waals surface area contributed by atoms with Crippen molar-refractivity contribution in [2.75, 3.05) is 26.2 Å². The molecule has 31 heavy (non-hydrogen) atoms. The van der Waals surface area contributed by atoms with E-state index in [9.17, 15) is 22.8 Å². The predicted octanol–water partition coefficient (Wildman–Crippen LogP) is 1.28. The van der Waals surface area contributed by atoms with Crippen LogP contribution in [-0.2, 0) is 24.3 Å². The molecule has 1 aromatic heterocycles. The highest BCUT2D eigenvalue weighted by Crippen LogP contribution is 2.25. The first-order chi connectivity index (χ1) is 14.7. The Morgan fingerprint density at radius 2 is 1.90 bits per heavy atom. The predicted molar refractivity (Wildman–Crippen MR) is 112 cm³/mol. The second kappa shape index (κ2) is 11.3. The third-order valence-electron chi connectivity index (χ3n) is 5.15. The van der Waals surface area contributed by atoms with Crippen LogP contribution in [0.5, 0.6) is 0 Å². The summed E-state index contributed by atoms with van der Waals surface area (Å²) >= 11 is 0. The van der Waals surface area contributed by atoms with Crippen molar-refractivity contribution < 1.29 is 32.0 Å². The molecule has 0 aromatic carbocycles. The highest BCUT2D eigenvalue weighted by molar-refractivity contribution is 7.89. The van der Waals surface area contributed by atoms with Gasteiger partial charge in [-0.3, -0.25) is 9.59 Å². The average Bonchev–Trinajstić information content (AvgIpc) is 3.25. The molecule has 1 aliphatic heterocycles. The molecule has 0 bridgehead atoms. The van der Waals surface area contributed by atoms with Gasteiger partial charge in [-0.05, 0) is 45.2 Å². The first kappa shape index (κ1) is 24.9. The molecule has 11 heteroatoms. The number of ether oxygens (including phenoxy) is 1. The van der Waals surface area contributed by atoms with Gasteiger partial charge in [-0.1, -0.05) is 6.92 Å². The van der Waals surface area contributed by atoms with Gasteiger partial charge >= 0.3 is 5.97 Å². The summed E-state index contributed by atoms with van der Waals surface area (Å²) < 4.78 is 36.7. The molecule has 2 rings (SSSR count). The number of piperidine rings is 1. The van der Waals surface area contributed by atoms with E-state index in [1.165, 1.54) is 16.4 Å². The summed E-state index contributed by atoms with van der Waals surface area (Å²) in [7, 11) is -3.91. The molecule has 2 N–H and O–H groups in total. The standard InChI is InChI=1S/C20H31N3O7S/c1-4-14(3)22-17(24)8-11-21-19(25)15-9-12-23(13-10-15)31(27,28)18-7-6-16(30-18)20(26)29-5-2/h6-7,14-15H,4-5,8-13H2,1-3H3,(H,21,25)(H,22,24). The van der Waals surface area contributed by atoms with E-state index < -0.39 is 16.0 Å². The van der Waals surface area contributed by atoms with E-state index in [4.69, 9.17) is 9.15 Å². The summed E-state index contributed by atoms with van der Waals surface area (Å²) in [5, 5.41) is 5.26.